The highest BCUT2D eigenvalue weighted by Gasteiger charge is 2.52. The molecule has 0 aromatic heterocycles. The normalized spacial score (nSPS) is 20.0. The average molecular weight is 349 g/mol. The lowest BCUT2D eigenvalue weighted by Gasteiger charge is -2.41. The Kier molecular flexibility index (Phi) is 9.42. The van der Waals surface area contributed by atoms with Gasteiger partial charge >= 0.3 is 8.80 Å². The van der Waals surface area contributed by atoms with Crippen LogP contribution < -0.4 is 0 Å². The van der Waals surface area contributed by atoms with E-state index in [1.165, 1.54) is 32.1 Å². The summed E-state index contributed by atoms with van der Waals surface area (Å²) in [5, 5.41) is 0. The zero-order chi connectivity index (χ0) is 16.5. The largest absolute Gasteiger partial charge is 0.500 e. The molecule has 6 heteroatoms. The Labute approximate surface area is 139 Å². The highest BCUT2D eigenvalue weighted by atomic mass is 28.4. The second kappa shape index (κ2) is 10.2. The van der Waals surface area contributed by atoms with Crippen LogP contribution in [0, 0.1) is 0 Å². The summed E-state index contributed by atoms with van der Waals surface area (Å²) in [4.78, 5) is 0. The van der Waals surface area contributed by atoms with Crippen molar-refractivity contribution in [3.63, 3.8) is 0 Å². The first-order chi connectivity index (χ1) is 10.6. The molecule has 0 bridgehead atoms. The fourth-order valence-electron chi connectivity index (χ4n) is 3.72. The average Bonchev–Trinajstić information content (AvgIpc) is 2.49. The van der Waals surface area contributed by atoms with Crippen molar-refractivity contribution in [1.29, 1.82) is 0 Å². The Morgan fingerprint density at radius 1 is 0.727 bits per heavy atom. The Morgan fingerprint density at radius 3 is 1.59 bits per heavy atom. The van der Waals surface area contributed by atoms with Crippen molar-refractivity contribution in [3.05, 3.63) is 0 Å². The summed E-state index contributed by atoms with van der Waals surface area (Å²) in [7, 11) is -4.52. The molecule has 0 N–H and O–H groups in total. The minimum Gasteiger partial charge on any atom is -0.417 e. The molecular formula is C16H36O4Si2. The van der Waals surface area contributed by atoms with Gasteiger partial charge in [0.2, 0.25) is 0 Å². The zero-order valence-electron chi connectivity index (χ0n) is 15.3. The fraction of sp³-hybridized carbons (Fsp3) is 1.00. The standard InChI is InChI=1S/C16H36O4Si2/c1-6-17-21(5,16-13-11-10-12-14-16)15-22(18-7-2,19-8-3)20-9-4/h16H,6-15H2,1-5H3. The van der Waals surface area contributed by atoms with E-state index in [1.807, 2.05) is 20.8 Å². The van der Waals surface area contributed by atoms with Gasteiger partial charge < -0.3 is 17.7 Å². The molecular weight excluding hydrogens is 312 g/mol. The summed E-state index contributed by atoms with van der Waals surface area (Å²) in [6.07, 6.45) is 6.66. The van der Waals surface area contributed by atoms with Crippen LogP contribution in [0.5, 0.6) is 0 Å². The third kappa shape index (κ3) is 5.72. The molecule has 1 aliphatic rings. The second-order valence-corrected chi connectivity index (χ2v) is 13.6. The van der Waals surface area contributed by atoms with Crippen LogP contribution in [0.15, 0.2) is 0 Å². The molecule has 0 aromatic rings. The summed E-state index contributed by atoms with van der Waals surface area (Å²) in [5.41, 5.74) is 1.61. The maximum absolute atomic E-state index is 6.40. The van der Waals surface area contributed by atoms with E-state index in [0.717, 1.165) is 17.8 Å². The topological polar surface area (TPSA) is 36.9 Å². The van der Waals surface area contributed by atoms with Crippen LogP contribution in [0.1, 0.15) is 59.8 Å². The first-order valence-electron chi connectivity index (χ1n) is 9.11. The van der Waals surface area contributed by atoms with Gasteiger partial charge in [-0.2, -0.15) is 0 Å². The van der Waals surface area contributed by atoms with E-state index in [-0.39, 0.29) is 0 Å². The quantitative estimate of drug-likeness (QED) is 0.514. The summed E-state index contributed by atoms with van der Waals surface area (Å²) in [5.74, 6) is 0. The summed E-state index contributed by atoms with van der Waals surface area (Å²) in [6, 6.07) is 0. The maximum Gasteiger partial charge on any atom is 0.500 e. The van der Waals surface area contributed by atoms with E-state index >= 15 is 0 Å². The van der Waals surface area contributed by atoms with Crippen molar-refractivity contribution in [2.45, 2.75) is 77.6 Å². The SMILES string of the molecule is CCO[Si](C[Si](C)(OCC)C1CCCCC1)(OCC)OCC. The van der Waals surface area contributed by atoms with Gasteiger partial charge in [-0.15, -0.1) is 0 Å². The molecule has 4 nitrogen and oxygen atoms in total. The zero-order valence-corrected chi connectivity index (χ0v) is 17.3. The molecule has 0 heterocycles. The highest BCUT2D eigenvalue weighted by Crippen LogP contribution is 2.42. The van der Waals surface area contributed by atoms with Gasteiger partial charge in [-0.3, -0.25) is 0 Å². The van der Waals surface area contributed by atoms with Gasteiger partial charge in [0, 0.05) is 32.1 Å². The van der Waals surface area contributed by atoms with Crippen LogP contribution in [0.2, 0.25) is 17.8 Å². The van der Waals surface area contributed by atoms with E-state index < -0.39 is 17.1 Å². The predicted octanol–water partition coefficient (Wildman–Crippen LogP) is 4.52. The van der Waals surface area contributed by atoms with Crippen molar-refractivity contribution in [2.24, 2.45) is 0 Å². The third-order valence-electron chi connectivity index (χ3n) is 4.60. The van der Waals surface area contributed by atoms with Gasteiger partial charge in [0.25, 0.3) is 0 Å². The summed E-state index contributed by atoms with van der Waals surface area (Å²) < 4.78 is 24.7. The lowest BCUT2D eigenvalue weighted by molar-refractivity contribution is 0.0738. The monoisotopic (exact) mass is 348 g/mol. The Hall–Kier alpha value is 0.274. The van der Waals surface area contributed by atoms with Crippen molar-refractivity contribution >= 4 is 17.1 Å². The molecule has 1 rings (SSSR count). The number of rotatable bonds is 11. The van der Waals surface area contributed by atoms with Crippen LogP contribution in [0.4, 0.5) is 0 Å². The maximum atomic E-state index is 6.40. The first kappa shape index (κ1) is 20.3. The van der Waals surface area contributed by atoms with E-state index in [9.17, 15) is 0 Å². The molecule has 1 unspecified atom stereocenters. The van der Waals surface area contributed by atoms with Crippen molar-refractivity contribution < 1.29 is 17.7 Å². The molecule has 22 heavy (non-hydrogen) atoms. The molecule has 0 aromatic carbocycles. The summed E-state index contributed by atoms with van der Waals surface area (Å²) >= 11 is 0. The molecule has 1 saturated carbocycles. The van der Waals surface area contributed by atoms with E-state index in [2.05, 4.69) is 13.5 Å². The van der Waals surface area contributed by atoms with Crippen molar-refractivity contribution in [1.82, 2.24) is 0 Å². The van der Waals surface area contributed by atoms with Crippen molar-refractivity contribution in [3.8, 4) is 0 Å². The van der Waals surface area contributed by atoms with Crippen LogP contribution in [0.25, 0.3) is 0 Å². The van der Waals surface area contributed by atoms with Gasteiger partial charge in [-0.1, -0.05) is 32.1 Å². The number of hydrogen-bond donors (Lipinski definition) is 0. The Morgan fingerprint density at radius 2 is 1.18 bits per heavy atom. The van der Waals surface area contributed by atoms with Gasteiger partial charge in [-0.25, -0.2) is 0 Å². The van der Waals surface area contributed by atoms with Gasteiger partial charge in [0.05, 0.1) is 0 Å². The van der Waals surface area contributed by atoms with Gasteiger partial charge in [-0.05, 0) is 39.8 Å². The van der Waals surface area contributed by atoms with Crippen molar-refractivity contribution in [2.75, 3.05) is 26.4 Å². The smallest absolute Gasteiger partial charge is 0.417 e. The van der Waals surface area contributed by atoms with E-state index in [0.29, 0.717) is 19.8 Å². The molecule has 1 fully saturated rings. The van der Waals surface area contributed by atoms with Gasteiger partial charge in [0.15, 0.2) is 8.32 Å². The Balaban J connectivity index is 2.94. The second-order valence-electron chi connectivity index (χ2n) is 6.24. The molecule has 0 aliphatic heterocycles. The minimum atomic E-state index is -2.62. The summed E-state index contributed by atoms with van der Waals surface area (Å²) in [6.45, 7) is 13.3. The minimum absolute atomic E-state index is 0.646. The van der Waals surface area contributed by atoms with Crippen LogP contribution in [-0.4, -0.2) is 43.5 Å². The van der Waals surface area contributed by atoms with Gasteiger partial charge in [0.1, 0.15) is 0 Å². The third-order valence-corrected chi connectivity index (χ3v) is 14.6. The first-order valence-corrected chi connectivity index (χ1v) is 13.7. The van der Waals surface area contributed by atoms with E-state index in [1.54, 1.807) is 0 Å². The molecule has 132 valence electrons. The number of hydrogen-bond acceptors (Lipinski definition) is 4. The molecule has 1 aliphatic carbocycles. The molecule has 1 atom stereocenters. The predicted molar refractivity (Wildman–Crippen MR) is 95.5 cm³/mol. The Bertz CT molecular complexity index is 281. The van der Waals surface area contributed by atoms with Crippen LogP contribution >= 0.6 is 0 Å². The van der Waals surface area contributed by atoms with E-state index in [4.69, 9.17) is 17.7 Å². The molecule has 0 radical (unpaired) electrons. The lowest BCUT2D eigenvalue weighted by atomic mass is 10.0. The van der Waals surface area contributed by atoms with Crippen LogP contribution in [0.3, 0.4) is 0 Å². The van der Waals surface area contributed by atoms with Crippen LogP contribution in [-0.2, 0) is 17.7 Å². The molecule has 0 saturated heterocycles. The fourth-order valence-corrected chi connectivity index (χ4v) is 14.0. The molecule has 0 amide bonds. The molecule has 0 spiro atoms. The highest BCUT2D eigenvalue weighted by molar-refractivity contribution is 6.87. The lowest BCUT2D eigenvalue weighted by Crippen LogP contribution is -2.56.